The molecule has 0 aliphatic carbocycles. The summed E-state index contributed by atoms with van der Waals surface area (Å²) < 4.78 is 14.5. The van der Waals surface area contributed by atoms with E-state index in [-0.39, 0.29) is 17.5 Å². The highest BCUT2D eigenvalue weighted by atomic mass is 79.9. The van der Waals surface area contributed by atoms with Gasteiger partial charge in [0.15, 0.2) is 0 Å². The van der Waals surface area contributed by atoms with E-state index in [1.54, 1.807) is 11.0 Å². The summed E-state index contributed by atoms with van der Waals surface area (Å²) in [5, 5.41) is 0. The first kappa shape index (κ1) is 14.5. The molecule has 0 aromatic heterocycles. The van der Waals surface area contributed by atoms with Crippen LogP contribution in [0.4, 0.5) is 4.39 Å². The van der Waals surface area contributed by atoms with Crippen LogP contribution in [0.1, 0.15) is 30.1 Å². The van der Waals surface area contributed by atoms with Crippen molar-refractivity contribution in [2.45, 2.75) is 25.8 Å². The van der Waals surface area contributed by atoms with E-state index in [0.29, 0.717) is 23.5 Å². The smallest absolute Gasteiger partial charge is 0.257 e. The van der Waals surface area contributed by atoms with Crippen LogP contribution in [0, 0.1) is 11.7 Å². The molecule has 1 aromatic rings. The molecule has 19 heavy (non-hydrogen) atoms. The minimum absolute atomic E-state index is 0.00892. The molecular weight excluding hydrogens is 311 g/mol. The molecule has 1 heterocycles. The van der Waals surface area contributed by atoms with Crippen LogP contribution < -0.4 is 5.73 Å². The molecule has 0 radical (unpaired) electrons. The number of hydrogen-bond donors (Lipinski definition) is 1. The highest BCUT2D eigenvalue weighted by Crippen LogP contribution is 2.25. The van der Waals surface area contributed by atoms with Crippen molar-refractivity contribution in [3.8, 4) is 0 Å². The average Bonchev–Trinajstić information content (AvgIpc) is 2.40. The normalized spacial score (nSPS) is 23.5. The molecule has 0 spiro atoms. The van der Waals surface area contributed by atoms with E-state index in [9.17, 15) is 9.18 Å². The number of carbonyl (C=O) groups is 1. The molecule has 1 aliphatic rings. The van der Waals surface area contributed by atoms with Crippen LogP contribution in [0.5, 0.6) is 0 Å². The summed E-state index contributed by atoms with van der Waals surface area (Å²) >= 11 is 3.27. The third-order valence-electron chi connectivity index (χ3n) is 3.67. The zero-order chi connectivity index (χ0) is 14.0. The standard InChI is InChI=1S/C14H18BrFN2O/c1-9-4-5-18(11(6-9)8-17)14(19)12-7-10(15)2-3-13(12)16/h2-3,7,9,11H,4-6,8,17H2,1H3. The van der Waals surface area contributed by atoms with Gasteiger partial charge < -0.3 is 10.6 Å². The Morgan fingerprint density at radius 1 is 1.58 bits per heavy atom. The first-order valence-electron chi connectivity index (χ1n) is 6.49. The van der Waals surface area contributed by atoms with Gasteiger partial charge in [-0.05, 0) is 37.0 Å². The predicted octanol–water partition coefficient (Wildman–Crippen LogP) is 2.79. The van der Waals surface area contributed by atoms with E-state index in [4.69, 9.17) is 5.73 Å². The van der Waals surface area contributed by atoms with Crippen LogP contribution in [-0.4, -0.2) is 29.9 Å². The van der Waals surface area contributed by atoms with Gasteiger partial charge in [0.25, 0.3) is 5.91 Å². The average molecular weight is 329 g/mol. The second-order valence-corrected chi connectivity index (χ2v) is 6.06. The largest absolute Gasteiger partial charge is 0.334 e. The number of benzene rings is 1. The Bertz CT molecular complexity index is 481. The van der Waals surface area contributed by atoms with Gasteiger partial charge in [0.2, 0.25) is 0 Å². The molecule has 1 fully saturated rings. The van der Waals surface area contributed by atoms with E-state index >= 15 is 0 Å². The highest BCUT2D eigenvalue weighted by molar-refractivity contribution is 9.10. The van der Waals surface area contributed by atoms with Gasteiger partial charge in [0.1, 0.15) is 5.82 Å². The topological polar surface area (TPSA) is 46.3 Å². The molecule has 2 rings (SSSR count). The van der Waals surface area contributed by atoms with Gasteiger partial charge in [-0.1, -0.05) is 22.9 Å². The van der Waals surface area contributed by atoms with E-state index in [1.807, 2.05) is 0 Å². The first-order valence-corrected chi connectivity index (χ1v) is 7.28. The Morgan fingerprint density at radius 3 is 3.00 bits per heavy atom. The van der Waals surface area contributed by atoms with Gasteiger partial charge in [0.05, 0.1) is 5.56 Å². The molecule has 1 aromatic carbocycles. The second kappa shape index (κ2) is 6.01. The summed E-state index contributed by atoms with van der Waals surface area (Å²) in [6.07, 6.45) is 1.83. The Labute approximate surface area is 121 Å². The van der Waals surface area contributed by atoms with E-state index in [1.165, 1.54) is 12.1 Å². The lowest BCUT2D eigenvalue weighted by Crippen LogP contribution is -2.49. The van der Waals surface area contributed by atoms with E-state index in [0.717, 1.165) is 12.8 Å². The van der Waals surface area contributed by atoms with Crippen LogP contribution >= 0.6 is 15.9 Å². The molecule has 3 nitrogen and oxygen atoms in total. The number of nitrogens with two attached hydrogens (primary N) is 1. The molecule has 104 valence electrons. The fourth-order valence-corrected chi connectivity index (χ4v) is 2.92. The van der Waals surface area contributed by atoms with Crippen LogP contribution in [-0.2, 0) is 0 Å². The van der Waals surface area contributed by atoms with Crippen molar-refractivity contribution in [3.63, 3.8) is 0 Å². The van der Waals surface area contributed by atoms with Crippen molar-refractivity contribution in [1.29, 1.82) is 0 Å². The summed E-state index contributed by atoms with van der Waals surface area (Å²) in [4.78, 5) is 14.2. The number of rotatable bonds is 2. The Kier molecular flexibility index (Phi) is 4.58. The lowest BCUT2D eigenvalue weighted by atomic mass is 9.92. The van der Waals surface area contributed by atoms with Crippen LogP contribution in [0.25, 0.3) is 0 Å². The maximum atomic E-state index is 13.8. The van der Waals surface area contributed by atoms with Gasteiger partial charge in [-0.25, -0.2) is 4.39 Å². The SMILES string of the molecule is CC1CCN(C(=O)c2cc(Br)ccc2F)C(CN)C1. The molecule has 1 saturated heterocycles. The van der Waals surface area contributed by atoms with Crippen molar-refractivity contribution < 1.29 is 9.18 Å². The number of nitrogens with zero attached hydrogens (tertiary/aromatic N) is 1. The zero-order valence-electron chi connectivity index (χ0n) is 10.9. The summed E-state index contributed by atoms with van der Waals surface area (Å²) in [5.74, 6) is -0.186. The molecule has 1 amide bonds. The minimum Gasteiger partial charge on any atom is -0.334 e. The molecule has 0 saturated carbocycles. The van der Waals surface area contributed by atoms with Crippen LogP contribution in [0.2, 0.25) is 0 Å². The zero-order valence-corrected chi connectivity index (χ0v) is 12.5. The number of amides is 1. The first-order chi connectivity index (χ1) is 9.02. The van der Waals surface area contributed by atoms with Gasteiger partial charge in [-0.3, -0.25) is 4.79 Å². The minimum atomic E-state index is -0.484. The van der Waals surface area contributed by atoms with Crippen molar-refractivity contribution >= 4 is 21.8 Å². The Hall–Kier alpha value is -0.940. The number of carbonyl (C=O) groups excluding carboxylic acids is 1. The molecule has 2 unspecified atom stereocenters. The Morgan fingerprint density at radius 2 is 2.32 bits per heavy atom. The fourth-order valence-electron chi connectivity index (χ4n) is 2.56. The van der Waals surface area contributed by atoms with Crippen molar-refractivity contribution in [2.75, 3.05) is 13.1 Å². The predicted molar refractivity (Wildman–Crippen MR) is 76.4 cm³/mol. The summed E-state index contributed by atoms with van der Waals surface area (Å²) in [6, 6.07) is 4.43. The van der Waals surface area contributed by atoms with Gasteiger partial charge in [-0.2, -0.15) is 0 Å². The molecule has 0 bridgehead atoms. The van der Waals surface area contributed by atoms with Crippen molar-refractivity contribution in [2.24, 2.45) is 11.7 Å². The molecule has 2 N–H and O–H groups in total. The molecular formula is C14H18BrFN2O. The van der Waals surface area contributed by atoms with Crippen LogP contribution in [0.15, 0.2) is 22.7 Å². The van der Waals surface area contributed by atoms with Gasteiger partial charge >= 0.3 is 0 Å². The number of hydrogen-bond acceptors (Lipinski definition) is 2. The lowest BCUT2D eigenvalue weighted by molar-refractivity contribution is 0.0569. The summed E-state index contributed by atoms with van der Waals surface area (Å²) in [7, 11) is 0. The maximum absolute atomic E-state index is 13.8. The van der Waals surface area contributed by atoms with Gasteiger partial charge in [0, 0.05) is 23.6 Å². The van der Waals surface area contributed by atoms with E-state index in [2.05, 4.69) is 22.9 Å². The lowest BCUT2D eigenvalue weighted by Gasteiger charge is -2.38. The van der Waals surface area contributed by atoms with Crippen molar-refractivity contribution in [1.82, 2.24) is 4.90 Å². The molecule has 5 heteroatoms. The Balaban J connectivity index is 2.25. The number of halogens is 2. The maximum Gasteiger partial charge on any atom is 0.257 e. The quantitative estimate of drug-likeness (QED) is 0.907. The summed E-state index contributed by atoms with van der Waals surface area (Å²) in [5.41, 5.74) is 5.86. The number of piperidine rings is 1. The van der Waals surface area contributed by atoms with E-state index < -0.39 is 5.82 Å². The third kappa shape index (κ3) is 3.15. The van der Waals surface area contributed by atoms with Crippen LogP contribution in [0.3, 0.4) is 0 Å². The number of likely N-dealkylation sites (tertiary alicyclic amines) is 1. The fraction of sp³-hybridized carbons (Fsp3) is 0.500. The third-order valence-corrected chi connectivity index (χ3v) is 4.16. The molecule has 1 aliphatic heterocycles. The monoisotopic (exact) mass is 328 g/mol. The summed E-state index contributed by atoms with van der Waals surface area (Å²) in [6.45, 7) is 3.23. The molecule has 2 atom stereocenters. The highest BCUT2D eigenvalue weighted by Gasteiger charge is 2.30. The van der Waals surface area contributed by atoms with Crippen molar-refractivity contribution in [3.05, 3.63) is 34.1 Å². The van der Waals surface area contributed by atoms with Gasteiger partial charge in [-0.15, -0.1) is 0 Å². The second-order valence-electron chi connectivity index (χ2n) is 5.14.